The number of sulfonamides is 1. The average molecular weight is 374 g/mol. The highest BCUT2D eigenvalue weighted by molar-refractivity contribution is 7.89. The van der Waals surface area contributed by atoms with Crippen molar-refractivity contribution in [1.29, 1.82) is 0 Å². The van der Waals surface area contributed by atoms with E-state index in [1.54, 1.807) is 24.1 Å². The number of ether oxygens (including phenoxy) is 1. The van der Waals surface area contributed by atoms with Gasteiger partial charge in [-0.1, -0.05) is 24.3 Å². The van der Waals surface area contributed by atoms with Gasteiger partial charge >= 0.3 is 0 Å². The molecular weight excluding hydrogens is 352 g/mol. The summed E-state index contributed by atoms with van der Waals surface area (Å²) in [4.78, 5) is 14.5. The molecule has 2 aromatic rings. The largest absolute Gasteiger partial charge is 0.496 e. The molecule has 6 nitrogen and oxygen atoms in total. The van der Waals surface area contributed by atoms with Crippen LogP contribution in [0.2, 0.25) is 0 Å². The zero-order valence-electron chi connectivity index (χ0n) is 14.6. The van der Waals surface area contributed by atoms with Crippen molar-refractivity contribution in [1.82, 2.24) is 4.90 Å². The van der Waals surface area contributed by atoms with Gasteiger partial charge in [0.1, 0.15) is 5.75 Å². The van der Waals surface area contributed by atoms with Gasteiger partial charge < -0.3 is 9.64 Å². The molecule has 0 unspecified atom stereocenters. The van der Waals surface area contributed by atoms with Gasteiger partial charge in [0.2, 0.25) is 15.9 Å². The predicted molar refractivity (Wildman–Crippen MR) is 98.3 cm³/mol. The number of amides is 1. The number of carbonyl (C=O) groups excluding carboxylic acids is 1. The molecular formula is C19H22N2O4S. The first-order valence-corrected chi connectivity index (χ1v) is 9.97. The Morgan fingerprint density at radius 1 is 1.19 bits per heavy atom. The smallest absolute Gasteiger partial charge is 0.238 e. The molecule has 0 saturated carbocycles. The average Bonchev–Trinajstić information content (AvgIpc) is 2.64. The second-order valence-electron chi connectivity index (χ2n) is 6.35. The number of benzene rings is 2. The fourth-order valence-electron chi connectivity index (χ4n) is 3.23. The molecule has 0 radical (unpaired) electrons. The monoisotopic (exact) mass is 374 g/mol. The molecule has 138 valence electrons. The van der Waals surface area contributed by atoms with Crippen LogP contribution in [0.15, 0.2) is 47.4 Å². The van der Waals surface area contributed by atoms with Crippen molar-refractivity contribution in [3.05, 3.63) is 59.2 Å². The Kier molecular flexibility index (Phi) is 5.29. The summed E-state index contributed by atoms with van der Waals surface area (Å²) in [7, 11) is -2.13. The number of rotatable bonds is 5. The number of para-hydroxylation sites is 1. The van der Waals surface area contributed by atoms with Gasteiger partial charge in [-0.3, -0.25) is 4.79 Å². The first-order valence-electron chi connectivity index (χ1n) is 8.43. The van der Waals surface area contributed by atoms with E-state index in [1.165, 1.54) is 6.07 Å². The third kappa shape index (κ3) is 4.05. The van der Waals surface area contributed by atoms with Crippen LogP contribution in [0.3, 0.4) is 0 Å². The van der Waals surface area contributed by atoms with E-state index >= 15 is 0 Å². The summed E-state index contributed by atoms with van der Waals surface area (Å²) in [5.74, 6) is 0.824. The van der Waals surface area contributed by atoms with Crippen LogP contribution < -0.4 is 9.88 Å². The van der Waals surface area contributed by atoms with Gasteiger partial charge in [-0.05, 0) is 47.7 Å². The molecule has 1 aliphatic heterocycles. The molecule has 0 aromatic heterocycles. The first-order chi connectivity index (χ1) is 12.4. The number of nitrogens with two attached hydrogens (primary N) is 1. The van der Waals surface area contributed by atoms with Crippen molar-refractivity contribution >= 4 is 15.9 Å². The zero-order valence-corrected chi connectivity index (χ0v) is 15.5. The molecule has 0 aliphatic carbocycles. The lowest BCUT2D eigenvalue weighted by Crippen LogP contribution is -2.36. The van der Waals surface area contributed by atoms with Gasteiger partial charge in [0.15, 0.2) is 0 Å². The molecule has 1 amide bonds. The maximum absolute atomic E-state index is 12.6. The van der Waals surface area contributed by atoms with Crippen molar-refractivity contribution in [3.8, 4) is 5.75 Å². The molecule has 3 rings (SSSR count). The summed E-state index contributed by atoms with van der Waals surface area (Å²) in [6.45, 7) is 1.04. The van der Waals surface area contributed by atoms with Gasteiger partial charge in [0.25, 0.3) is 0 Å². The van der Waals surface area contributed by atoms with Gasteiger partial charge in [-0.2, -0.15) is 0 Å². The molecule has 26 heavy (non-hydrogen) atoms. The number of fused-ring (bicyclic) bond motifs is 1. The Labute approximate surface area is 153 Å². The van der Waals surface area contributed by atoms with E-state index in [0.29, 0.717) is 32.4 Å². The van der Waals surface area contributed by atoms with Gasteiger partial charge in [0, 0.05) is 19.5 Å². The summed E-state index contributed by atoms with van der Waals surface area (Å²) in [5, 5.41) is 5.20. The highest BCUT2D eigenvalue weighted by Gasteiger charge is 2.22. The van der Waals surface area contributed by atoms with Gasteiger partial charge in [0.05, 0.1) is 12.0 Å². The van der Waals surface area contributed by atoms with Crippen LogP contribution in [0, 0.1) is 0 Å². The molecule has 2 N–H and O–H groups in total. The molecule has 0 spiro atoms. The third-order valence-corrected chi connectivity index (χ3v) is 5.58. The quantitative estimate of drug-likeness (QED) is 0.865. The fourth-order valence-corrected chi connectivity index (χ4v) is 3.80. The minimum atomic E-state index is -3.75. The maximum Gasteiger partial charge on any atom is 0.238 e. The Morgan fingerprint density at radius 2 is 1.96 bits per heavy atom. The van der Waals surface area contributed by atoms with E-state index in [0.717, 1.165) is 22.4 Å². The predicted octanol–water partition coefficient (Wildman–Crippen LogP) is 1.86. The van der Waals surface area contributed by atoms with Crippen molar-refractivity contribution in [2.75, 3.05) is 13.7 Å². The number of primary sulfonamides is 1. The number of nitrogens with zero attached hydrogens (tertiary/aromatic N) is 1. The van der Waals surface area contributed by atoms with E-state index in [2.05, 4.69) is 0 Å². The van der Waals surface area contributed by atoms with Crippen LogP contribution in [-0.2, 0) is 34.2 Å². The van der Waals surface area contributed by atoms with Crippen LogP contribution in [0.4, 0.5) is 0 Å². The lowest BCUT2D eigenvalue weighted by molar-refractivity contribution is -0.132. The Bertz CT molecular complexity index is 925. The summed E-state index contributed by atoms with van der Waals surface area (Å²) in [6, 6.07) is 12.5. The molecule has 0 fully saturated rings. The van der Waals surface area contributed by atoms with Crippen LogP contribution in [0.25, 0.3) is 0 Å². The minimum Gasteiger partial charge on any atom is -0.496 e. The van der Waals surface area contributed by atoms with E-state index < -0.39 is 10.0 Å². The molecule has 2 aromatic carbocycles. The lowest BCUT2D eigenvalue weighted by atomic mass is 9.99. The maximum atomic E-state index is 12.6. The van der Waals surface area contributed by atoms with Gasteiger partial charge in [-0.15, -0.1) is 0 Å². The summed E-state index contributed by atoms with van der Waals surface area (Å²) in [5.41, 5.74) is 2.90. The topological polar surface area (TPSA) is 89.7 Å². The second-order valence-corrected chi connectivity index (χ2v) is 7.91. The lowest BCUT2D eigenvalue weighted by Gasteiger charge is -2.29. The molecule has 0 atom stereocenters. The van der Waals surface area contributed by atoms with E-state index in [9.17, 15) is 13.2 Å². The number of carbonyl (C=O) groups is 1. The van der Waals surface area contributed by atoms with Gasteiger partial charge in [-0.25, -0.2) is 13.6 Å². The van der Waals surface area contributed by atoms with Crippen LogP contribution in [-0.4, -0.2) is 32.9 Å². The van der Waals surface area contributed by atoms with Crippen molar-refractivity contribution in [3.63, 3.8) is 0 Å². The molecule has 7 heteroatoms. The zero-order chi connectivity index (χ0) is 18.7. The molecule has 1 heterocycles. The van der Waals surface area contributed by atoms with Crippen molar-refractivity contribution in [2.24, 2.45) is 5.14 Å². The normalized spacial score (nSPS) is 14.0. The number of aryl methyl sites for hydroxylation is 1. The second kappa shape index (κ2) is 7.47. The Morgan fingerprint density at radius 3 is 2.69 bits per heavy atom. The van der Waals surface area contributed by atoms with E-state index in [1.807, 2.05) is 24.3 Å². The SMILES string of the molecule is COc1ccccc1CCC(=O)N1CCc2ccc(S(N)(=O)=O)cc2C1. The number of hydrogen-bond donors (Lipinski definition) is 1. The number of hydrogen-bond acceptors (Lipinski definition) is 4. The number of methoxy groups -OCH3 is 1. The van der Waals surface area contributed by atoms with Crippen LogP contribution >= 0.6 is 0 Å². The van der Waals surface area contributed by atoms with E-state index in [4.69, 9.17) is 9.88 Å². The standard InChI is InChI=1S/C19H22N2O4S/c1-25-18-5-3-2-4-15(18)7-9-19(22)21-11-10-14-6-8-17(26(20,23)24)12-16(14)13-21/h2-6,8,12H,7,9-11,13H2,1H3,(H2,20,23,24). The molecule has 0 bridgehead atoms. The Balaban J connectivity index is 1.69. The van der Waals surface area contributed by atoms with Crippen molar-refractivity contribution in [2.45, 2.75) is 30.7 Å². The Hall–Kier alpha value is -2.38. The summed E-state index contributed by atoms with van der Waals surface area (Å²) >= 11 is 0. The van der Waals surface area contributed by atoms with E-state index in [-0.39, 0.29) is 10.8 Å². The minimum absolute atomic E-state index is 0.0440. The fraction of sp³-hybridized carbons (Fsp3) is 0.316. The molecule has 1 aliphatic rings. The third-order valence-electron chi connectivity index (χ3n) is 4.67. The highest BCUT2D eigenvalue weighted by atomic mass is 32.2. The first kappa shape index (κ1) is 18.4. The van der Waals surface area contributed by atoms with Crippen molar-refractivity contribution < 1.29 is 17.9 Å². The summed E-state index contributed by atoms with van der Waals surface area (Å²) in [6.07, 6.45) is 1.69. The molecule has 0 saturated heterocycles. The summed E-state index contributed by atoms with van der Waals surface area (Å²) < 4.78 is 28.4. The van der Waals surface area contributed by atoms with Crippen LogP contribution in [0.1, 0.15) is 23.1 Å². The highest BCUT2D eigenvalue weighted by Crippen LogP contribution is 2.24. The van der Waals surface area contributed by atoms with Crippen LogP contribution in [0.5, 0.6) is 5.75 Å².